The first-order valence-electron chi connectivity index (χ1n) is 11.7. The molecule has 1 N–H and O–H groups in total. The number of nitrogens with one attached hydrogen (secondary N) is 1. The van der Waals surface area contributed by atoms with Crippen LogP contribution in [0.1, 0.15) is 40.9 Å². The summed E-state index contributed by atoms with van der Waals surface area (Å²) in [6.07, 6.45) is -3.01. The Morgan fingerprint density at radius 3 is 2.53 bits per heavy atom. The second-order valence-electron chi connectivity index (χ2n) is 9.26. The molecule has 14 heteroatoms. The zero-order valence-corrected chi connectivity index (χ0v) is 20.1. The third-order valence-electron chi connectivity index (χ3n) is 7.24. The number of H-pyrrole nitrogens is 1. The third kappa shape index (κ3) is 3.39. The summed E-state index contributed by atoms with van der Waals surface area (Å²) >= 11 is 0. The number of tetrazole rings is 1. The molecule has 0 fully saturated rings. The van der Waals surface area contributed by atoms with E-state index in [0.29, 0.717) is 16.7 Å². The minimum atomic E-state index is -4.57. The summed E-state index contributed by atoms with van der Waals surface area (Å²) in [5.74, 6) is -1.79. The van der Waals surface area contributed by atoms with Crippen molar-refractivity contribution in [3.8, 4) is 0 Å². The smallest absolute Gasteiger partial charge is 0.295 e. The molecule has 2 atom stereocenters. The zero-order valence-electron chi connectivity index (χ0n) is 20.1. The number of imide groups is 1. The number of fused-ring (bicyclic) bond motifs is 2. The highest BCUT2D eigenvalue weighted by atomic mass is 19.4. The van der Waals surface area contributed by atoms with Crippen molar-refractivity contribution < 1.29 is 27.3 Å². The summed E-state index contributed by atoms with van der Waals surface area (Å²) in [5.41, 5.74) is 0.866. The van der Waals surface area contributed by atoms with Gasteiger partial charge in [-0.2, -0.15) is 32.7 Å². The van der Waals surface area contributed by atoms with Crippen LogP contribution in [0.15, 0.2) is 41.2 Å². The maximum absolute atomic E-state index is 13.9. The van der Waals surface area contributed by atoms with Gasteiger partial charge in [0.25, 0.3) is 0 Å². The van der Waals surface area contributed by atoms with Gasteiger partial charge in [0.1, 0.15) is 11.7 Å². The van der Waals surface area contributed by atoms with Crippen LogP contribution in [0.25, 0.3) is 11.0 Å². The lowest BCUT2D eigenvalue weighted by atomic mass is 9.99. The average Bonchev–Trinajstić information content (AvgIpc) is 3.61. The Bertz CT molecular complexity index is 1720. The summed E-state index contributed by atoms with van der Waals surface area (Å²) in [6, 6.07) is 7.09. The number of amides is 3. The lowest BCUT2D eigenvalue weighted by molar-refractivity contribution is -0.344. The molecule has 11 nitrogen and oxygen atoms in total. The SMILES string of the molecule is Cn1c(=O)n(C)c2cc([N+]3=CC(c4nn[nH]n4)C(=O)N(C4CCc5c4cccc5C(F)(F)F)C3=O)ccc21. The molecule has 194 valence electrons. The fraction of sp³-hybridized carbons (Fsp3) is 0.292. The number of urea groups is 1. The monoisotopic (exact) mass is 525 g/mol. The first kappa shape index (κ1) is 23.8. The molecule has 1 aliphatic heterocycles. The number of hydrogen-bond acceptors (Lipinski definition) is 6. The molecule has 0 bridgehead atoms. The molecule has 0 saturated carbocycles. The highest BCUT2D eigenvalue weighted by molar-refractivity contribution is 6.08. The molecular formula is C24H20F3N8O3+. The molecule has 2 aromatic carbocycles. The molecule has 1 aliphatic carbocycles. The Morgan fingerprint density at radius 1 is 1.05 bits per heavy atom. The van der Waals surface area contributed by atoms with Crippen molar-refractivity contribution in [3.05, 3.63) is 69.4 Å². The highest BCUT2D eigenvalue weighted by Crippen LogP contribution is 2.44. The van der Waals surface area contributed by atoms with Crippen molar-refractivity contribution in [3.63, 3.8) is 0 Å². The molecule has 4 aromatic rings. The Morgan fingerprint density at radius 2 is 1.82 bits per heavy atom. The van der Waals surface area contributed by atoms with E-state index in [4.69, 9.17) is 0 Å². The fourth-order valence-electron chi connectivity index (χ4n) is 5.41. The number of halogens is 3. The predicted octanol–water partition coefficient (Wildman–Crippen LogP) is 2.56. The lowest BCUT2D eigenvalue weighted by Crippen LogP contribution is -2.50. The van der Waals surface area contributed by atoms with Gasteiger partial charge in [-0.15, -0.1) is 10.2 Å². The van der Waals surface area contributed by atoms with Crippen molar-refractivity contribution in [1.29, 1.82) is 0 Å². The van der Waals surface area contributed by atoms with Crippen molar-refractivity contribution >= 4 is 34.9 Å². The van der Waals surface area contributed by atoms with Gasteiger partial charge in [0, 0.05) is 25.7 Å². The van der Waals surface area contributed by atoms with E-state index < -0.39 is 35.6 Å². The number of imidazole rings is 1. The number of aryl methyl sites for hydroxylation is 2. The van der Waals surface area contributed by atoms with E-state index in [-0.39, 0.29) is 35.5 Å². The Kier molecular flexibility index (Phi) is 5.12. The molecule has 3 amide bonds. The molecule has 0 spiro atoms. The highest BCUT2D eigenvalue weighted by Gasteiger charge is 2.52. The number of alkyl halides is 3. The van der Waals surface area contributed by atoms with Gasteiger partial charge in [-0.3, -0.25) is 9.13 Å². The second-order valence-corrected chi connectivity index (χ2v) is 9.26. The third-order valence-corrected chi connectivity index (χ3v) is 7.24. The normalized spacial score (nSPS) is 19.8. The zero-order chi connectivity index (χ0) is 26.9. The van der Waals surface area contributed by atoms with E-state index in [0.717, 1.165) is 11.0 Å². The average molecular weight is 525 g/mol. The van der Waals surface area contributed by atoms with Crippen LogP contribution in [-0.4, -0.2) is 57.4 Å². The van der Waals surface area contributed by atoms with Crippen LogP contribution in [0.4, 0.5) is 23.7 Å². The quantitative estimate of drug-likeness (QED) is 0.411. The molecule has 0 radical (unpaired) electrons. The molecule has 2 aromatic heterocycles. The second kappa shape index (κ2) is 8.19. The van der Waals surface area contributed by atoms with Crippen LogP contribution in [-0.2, 0) is 31.5 Å². The van der Waals surface area contributed by atoms with Gasteiger partial charge >= 0.3 is 23.8 Å². The summed E-state index contributed by atoms with van der Waals surface area (Å²) in [5, 5.41) is 13.6. The van der Waals surface area contributed by atoms with Gasteiger partial charge in [0.05, 0.1) is 22.8 Å². The van der Waals surface area contributed by atoms with E-state index in [1.165, 1.54) is 32.1 Å². The minimum Gasteiger partial charge on any atom is -0.295 e. The standard InChI is InChI=1S/C24H20F3N8O3/c1-32-18-8-6-12(10-19(18)33(2)22(32)37)34-11-15(20-28-30-31-29-20)21(36)35(23(34)38)17-9-7-13-14(17)4-3-5-16(13)24(25,26)27/h3-6,8,10-11,15,17H,7,9H2,1-2H3,(H,28,29,30,31)/q+1. The van der Waals surface area contributed by atoms with Crippen LogP contribution in [0.3, 0.4) is 0 Å². The van der Waals surface area contributed by atoms with E-state index in [9.17, 15) is 27.6 Å². The molecule has 2 aliphatic rings. The number of hydrogen-bond donors (Lipinski definition) is 1. The first-order valence-corrected chi connectivity index (χ1v) is 11.7. The summed E-state index contributed by atoms with van der Waals surface area (Å²) in [4.78, 5) is 40.9. The van der Waals surface area contributed by atoms with Crippen LogP contribution in [0.2, 0.25) is 0 Å². The van der Waals surface area contributed by atoms with Gasteiger partial charge in [-0.05, 0) is 36.6 Å². The fourth-order valence-corrected chi connectivity index (χ4v) is 5.41. The Labute approximate surface area is 211 Å². The summed E-state index contributed by atoms with van der Waals surface area (Å²) < 4.78 is 45.2. The molecule has 3 heterocycles. The summed E-state index contributed by atoms with van der Waals surface area (Å²) in [7, 11) is 3.23. The Hall–Kier alpha value is -4.62. The maximum Gasteiger partial charge on any atom is 0.506 e. The number of carbonyl (C=O) groups excluding carboxylic acids is 2. The van der Waals surface area contributed by atoms with E-state index in [1.807, 2.05) is 0 Å². The predicted molar refractivity (Wildman–Crippen MR) is 126 cm³/mol. The van der Waals surface area contributed by atoms with Gasteiger partial charge in [-0.25, -0.2) is 9.59 Å². The van der Waals surface area contributed by atoms with Crippen LogP contribution >= 0.6 is 0 Å². The first-order chi connectivity index (χ1) is 18.1. The number of carbonyl (C=O) groups is 2. The Balaban J connectivity index is 1.50. The number of nitrogens with zero attached hydrogens (tertiary/aromatic N) is 7. The van der Waals surface area contributed by atoms with Crippen molar-refractivity contribution in [1.82, 2.24) is 34.7 Å². The number of aromatic amines is 1. The number of benzene rings is 2. The van der Waals surface area contributed by atoms with Crippen LogP contribution in [0, 0.1) is 0 Å². The summed E-state index contributed by atoms with van der Waals surface area (Å²) in [6.45, 7) is 0. The van der Waals surface area contributed by atoms with Crippen molar-refractivity contribution in [2.75, 3.05) is 0 Å². The van der Waals surface area contributed by atoms with Gasteiger partial charge in [0.2, 0.25) is 0 Å². The van der Waals surface area contributed by atoms with Gasteiger partial charge in [-0.1, -0.05) is 17.3 Å². The largest absolute Gasteiger partial charge is 0.506 e. The van der Waals surface area contributed by atoms with Gasteiger partial charge in [0.15, 0.2) is 11.7 Å². The van der Waals surface area contributed by atoms with Crippen LogP contribution < -0.4 is 5.69 Å². The van der Waals surface area contributed by atoms with Crippen molar-refractivity contribution in [2.24, 2.45) is 14.1 Å². The lowest BCUT2D eigenvalue weighted by Gasteiger charge is -2.27. The van der Waals surface area contributed by atoms with E-state index in [2.05, 4.69) is 20.6 Å². The molecule has 0 saturated heterocycles. The van der Waals surface area contributed by atoms with Crippen molar-refractivity contribution in [2.45, 2.75) is 31.0 Å². The van der Waals surface area contributed by atoms with Gasteiger partial charge < -0.3 is 0 Å². The molecule has 6 rings (SSSR count). The number of aromatic nitrogens is 6. The van der Waals surface area contributed by atoms with E-state index in [1.54, 1.807) is 32.3 Å². The molecule has 38 heavy (non-hydrogen) atoms. The minimum absolute atomic E-state index is 0.00736. The molecule has 2 unspecified atom stereocenters. The number of rotatable bonds is 3. The van der Waals surface area contributed by atoms with Crippen LogP contribution in [0.5, 0.6) is 0 Å². The topological polar surface area (TPSA) is 122 Å². The molecular weight excluding hydrogens is 505 g/mol. The maximum atomic E-state index is 13.9. The van der Waals surface area contributed by atoms with E-state index >= 15 is 0 Å².